The minimum absolute atomic E-state index is 0.0179. The van der Waals surface area contributed by atoms with Crippen LogP contribution in [0.4, 0.5) is 0 Å². The SMILES string of the molecule is CC(C(=O)N1CCC(c2nc3c(c(=O)[nH]2)CCN(C)C3)CC1)c1ccccc1. The zero-order valence-corrected chi connectivity index (χ0v) is 16.6. The maximum atomic E-state index is 12.9. The molecule has 2 aliphatic heterocycles. The van der Waals surface area contributed by atoms with Crippen LogP contribution in [0.2, 0.25) is 0 Å². The van der Waals surface area contributed by atoms with Crippen LogP contribution in [0.3, 0.4) is 0 Å². The third-order valence-corrected chi connectivity index (χ3v) is 6.15. The largest absolute Gasteiger partial charge is 0.342 e. The fraction of sp³-hybridized carbons (Fsp3) is 0.500. The Morgan fingerprint density at radius 3 is 2.61 bits per heavy atom. The number of carbonyl (C=O) groups is 1. The molecule has 1 saturated heterocycles. The highest BCUT2D eigenvalue weighted by Crippen LogP contribution is 2.28. The monoisotopic (exact) mass is 380 g/mol. The van der Waals surface area contributed by atoms with E-state index in [0.717, 1.165) is 55.0 Å². The fourth-order valence-corrected chi connectivity index (χ4v) is 4.31. The summed E-state index contributed by atoms with van der Waals surface area (Å²) in [4.78, 5) is 37.3. The summed E-state index contributed by atoms with van der Waals surface area (Å²) >= 11 is 0. The molecule has 2 aliphatic rings. The van der Waals surface area contributed by atoms with E-state index in [0.29, 0.717) is 13.1 Å². The van der Waals surface area contributed by atoms with Gasteiger partial charge in [0.2, 0.25) is 5.91 Å². The number of rotatable bonds is 3. The average molecular weight is 380 g/mol. The van der Waals surface area contributed by atoms with E-state index in [1.165, 1.54) is 0 Å². The number of piperidine rings is 1. The molecule has 3 heterocycles. The smallest absolute Gasteiger partial charge is 0.254 e. The fourth-order valence-electron chi connectivity index (χ4n) is 4.31. The summed E-state index contributed by atoms with van der Waals surface area (Å²) in [5, 5.41) is 0. The first-order chi connectivity index (χ1) is 13.5. The second-order valence-corrected chi connectivity index (χ2v) is 8.10. The third-order valence-electron chi connectivity index (χ3n) is 6.15. The van der Waals surface area contributed by atoms with Crippen molar-refractivity contribution in [3.63, 3.8) is 0 Å². The van der Waals surface area contributed by atoms with Crippen LogP contribution in [0.1, 0.15) is 54.2 Å². The van der Waals surface area contributed by atoms with E-state index in [2.05, 4.69) is 16.9 Å². The molecule has 1 aromatic carbocycles. The van der Waals surface area contributed by atoms with Gasteiger partial charge in [-0.05, 0) is 38.8 Å². The van der Waals surface area contributed by atoms with Crippen molar-refractivity contribution in [2.24, 2.45) is 0 Å². The molecule has 1 unspecified atom stereocenters. The van der Waals surface area contributed by atoms with Gasteiger partial charge in [0.15, 0.2) is 0 Å². The number of aromatic nitrogens is 2. The number of likely N-dealkylation sites (N-methyl/N-ethyl adjacent to an activating group) is 1. The van der Waals surface area contributed by atoms with E-state index < -0.39 is 0 Å². The zero-order valence-electron chi connectivity index (χ0n) is 16.6. The standard InChI is InChI=1S/C22H28N4O2/c1-15(16-6-4-3-5-7-16)22(28)26-12-8-17(9-13-26)20-23-19-14-25(2)11-10-18(19)21(27)24-20/h3-7,15,17H,8-14H2,1-2H3,(H,23,24,27). The number of benzene rings is 1. The topological polar surface area (TPSA) is 69.3 Å². The van der Waals surface area contributed by atoms with Crippen molar-refractivity contribution in [2.45, 2.75) is 44.6 Å². The number of hydrogen-bond acceptors (Lipinski definition) is 4. The lowest BCUT2D eigenvalue weighted by atomic mass is 9.93. The van der Waals surface area contributed by atoms with Crippen LogP contribution in [0.25, 0.3) is 0 Å². The Morgan fingerprint density at radius 2 is 1.89 bits per heavy atom. The van der Waals surface area contributed by atoms with E-state index in [4.69, 9.17) is 4.98 Å². The van der Waals surface area contributed by atoms with E-state index in [1.807, 2.05) is 42.2 Å². The Balaban J connectivity index is 1.43. The number of hydrogen-bond donors (Lipinski definition) is 1. The van der Waals surface area contributed by atoms with Gasteiger partial charge < -0.3 is 14.8 Å². The Labute approximate surface area is 165 Å². The normalized spacial score (nSPS) is 19.3. The molecule has 1 atom stereocenters. The van der Waals surface area contributed by atoms with E-state index in [1.54, 1.807) is 0 Å². The molecule has 2 aromatic rings. The predicted octanol–water partition coefficient (Wildman–Crippen LogP) is 2.27. The lowest BCUT2D eigenvalue weighted by Gasteiger charge is -2.33. The molecular weight excluding hydrogens is 352 g/mol. The summed E-state index contributed by atoms with van der Waals surface area (Å²) in [6, 6.07) is 9.93. The summed E-state index contributed by atoms with van der Waals surface area (Å²) in [6.45, 7) is 5.03. The highest BCUT2D eigenvalue weighted by atomic mass is 16.2. The number of aromatic amines is 1. The summed E-state index contributed by atoms with van der Waals surface area (Å²) in [5.74, 6) is 1.05. The predicted molar refractivity (Wildman–Crippen MR) is 108 cm³/mol. The molecule has 0 aliphatic carbocycles. The first-order valence-corrected chi connectivity index (χ1v) is 10.2. The lowest BCUT2D eigenvalue weighted by Crippen LogP contribution is -2.41. The van der Waals surface area contributed by atoms with Crippen LogP contribution in [0, 0.1) is 0 Å². The molecule has 28 heavy (non-hydrogen) atoms. The maximum Gasteiger partial charge on any atom is 0.254 e. The summed E-state index contributed by atoms with van der Waals surface area (Å²) in [7, 11) is 2.06. The Hall–Kier alpha value is -2.47. The van der Waals surface area contributed by atoms with Crippen molar-refractivity contribution in [3.8, 4) is 0 Å². The van der Waals surface area contributed by atoms with E-state index in [-0.39, 0.29) is 23.3 Å². The number of carbonyl (C=O) groups excluding carboxylic acids is 1. The van der Waals surface area contributed by atoms with Gasteiger partial charge in [-0.25, -0.2) is 4.98 Å². The van der Waals surface area contributed by atoms with Gasteiger partial charge in [-0.15, -0.1) is 0 Å². The van der Waals surface area contributed by atoms with Crippen molar-refractivity contribution in [2.75, 3.05) is 26.7 Å². The quantitative estimate of drug-likeness (QED) is 0.887. The van der Waals surface area contributed by atoms with Crippen molar-refractivity contribution in [1.82, 2.24) is 19.8 Å². The van der Waals surface area contributed by atoms with Crippen LogP contribution in [-0.2, 0) is 17.8 Å². The molecule has 0 spiro atoms. The van der Waals surface area contributed by atoms with Gasteiger partial charge in [0, 0.05) is 37.7 Å². The first kappa shape index (κ1) is 18.9. The average Bonchev–Trinajstić information content (AvgIpc) is 2.73. The Kier molecular flexibility index (Phi) is 5.31. The van der Waals surface area contributed by atoms with E-state index in [9.17, 15) is 9.59 Å². The minimum atomic E-state index is -0.130. The van der Waals surface area contributed by atoms with Gasteiger partial charge in [-0.1, -0.05) is 30.3 Å². The second kappa shape index (κ2) is 7.87. The number of likely N-dealkylation sites (tertiary alicyclic amines) is 1. The number of H-pyrrole nitrogens is 1. The van der Waals surface area contributed by atoms with Crippen molar-refractivity contribution in [3.05, 3.63) is 63.3 Å². The number of amides is 1. The van der Waals surface area contributed by atoms with Crippen LogP contribution in [0.15, 0.2) is 35.1 Å². The lowest BCUT2D eigenvalue weighted by molar-refractivity contribution is -0.133. The Bertz CT molecular complexity index is 900. The Morgan fingerprint density at radius 1 is 1.18 bits per heavy atom. The number of fused-ring (bicyclic) bond motifs is 1. The highest BCUT2D eigenvalue weighted by Gasteiger charge is 2.29. The summed E-state index contributed by atoms with van der Waals surface area (Å²) in [5.41, 5.74) is 2.83. The van der Waals surface area contributed by atoms with Crippen molar-refractivity contribution in [1.29, 1.82) is 0 Å². The molecule has 1 aromatic heterocycles. The molecule has 1 amide bonds. The maximum absolute atomic E-state index is 12.9. The molecule has 0 saturated carbocycles. The van der Waals surface area contributed by atoms with Crippen LogP contribution in [-0.4, -0.2) is 52.4 Å². The summed E-state index contributed by atoms with van der Waals surface area (Å²) < 4.78 is 0. The molecule has 6 nitrogen and oxygen atoms in total. The van der Waals surface area contributed by atoms with Gasteiger partial charge in [0.1, 0.15) is 5.82 Å². The molecule has 148 valence electrons. The molecule has 1 fully saturated rings. The van der Waals surface area contributed by atoms with Crippen molar-refractivity contribution >= 4 is 5.91 Å². The highest BCUT2D eigenvalue weighted by molar-refractivity contribution is 5.83. The molecule has 4 rings (SSSR count). The second-order valence-electron chi connectivity index (χ2n) is 8.10. The van der Waals surface area contributed by atoms with Crippen LogP contribution >= 0.6 is 0 Å². The molecule has 0 bridgehead atoms. The zero-order chi connectivity index (χ0) is 19.7. The van der Waals surface area contributed by atoms with E-state index >= 15 is 0 Å². The molecule has 6 heteroatoms. The number of nitrogens with zero attached hydrogens (tertiary/aromatic N) is 3. The minimum Gasteiger partial charge on any atom is -0.342 e. The summed E-state index contributed by atoms with van der Waals surface area (Å²) in [6.07, 6.45) is 2.44. The van der Waals surface area contributed by atoms with Gasteiger partial charge in [-0.3, -0.25) is 9.59 Å². The molecule has 1 N–H and O–H groups in total. The van der Waals surface area contributed by atoms with Gasteiger partial charge in [0.05, 0.1) is 11.6 Å². The third kappa shape index (κ3) is 3.74. The van der Waals surface area contributed by atoms with Crippen LogP contribution < -0.4 is 5.56 Å². The molecular formula is C22H28N4O2. The molecule has 0 radical (unpaired) electrons. The van der Waals surface area contributed by atoms with Crippen molar-refractivity contribution < 1.29 is 4.79 Å². The number of nitrogens with one attached hydrogen (secondary N) is 1. The van der Waals surface area contributed by atoms with Crippen LogP contribution in [0.5, 0.6) is 0 Å². The first-order valence-electron chi connectivity index (χ1n) is 10.2. The van der Waals surface area contributed by atoms with Gasteiger partial charge in [-0.2, -0.15) is 0 Å². The van der Waals surface area contributed by atoms with Gasteiger partial charge >= 0.3 is 0 Å². The van der Waals surface area contributed by atoms with Gasteiger partial charge in [0.25, 0.3) is 5.56 Å².